The molecule has 5 aromatic heterocycles. The summed E-state index contributed by atoms with van der Waals surface area (Å²) in [4.78, 5) is 23.0. The molecule has 0 saturated heterocycles. The molecule has 0 unspecified atom stereocenters. The summed E-state index contributed by atoms with van der Waals surface area (Å²) in [7, 11) is 0. The van der Waals surface area contributed by atoms with Crippen molar-refractivity contribution < 1.29 is 31.1 Å². The molecule has 0 spiro atoms. The Hall–Kier alpha value is -6.97. The van der Waals surface area contributed by atoms with Gasteiger partial charge < -0.3 is 4.98 Å². The van der Waals surface area contributed by atoms with Crippen LogP contribution in [-0.2, 0) is 0 Å². The van der Waals surface area contributed by atoms with E-state index < -0.39 is 0 Å². The third kappa shape index (κ3) is 6.90. The number of rotatable bonds is 7. The molecule has 6 aromatic carbocycles. The molecule has 0 aliphatic carbocycles. The minimum Gasteiger partial charge on any atom is -0.354 e. The van der Waals surface area contributed by atoms with Crippen LogP contribution in [0.1, 0.15) is 0 Å². The molecule has 6 heteroatoms. The van der Waals surface area contributed by atoms with Gasteiger partial charge in [-0.2, -0.15) is 30.3 Å². The molecule has 0 aliphatic rings. The molecule has 11 aromatic rings. The van der Waals surface area contributed by atoms with Crippen molar-refractivity contribution in [1.29, 1.82) is 0 Å². The summed E-state index contributed by atoms with van der Waals surface area (Å²) in [5.74, 6) is 0. The summed E-state index contributed by atoms with van der Waals surface area (Å²) in [6.45, 7) is 0. The van der Waals surface area contributed by atoms with E-state index in [1.165, 1.54) is 10.8 Å². The van der Waals surface area contributed by atoms with Crippen LogP contribution in [-0.4, -0.2) is 24.9 Å². The second-order valence-corrected chi connectivity index (χ2v) is 14.5. The van der Waals surface area contributed by atoms with Crippen molar-refractivity contribution in [2.75, 3.05) is 0 Å². The van der Waals surface area contributed by atoms with Crippen LogP contribution < -0.4 is 0 Å². The van der Waals surface area contributed by atoms with E-state index in [4.69, 9.17) is 9.97 Å². The Morgan fingerprint density at radius 3 is 1.67 bits per heavy atom. The van der Waals surface area contributed by atoms with Crippen LogP contribution in [0.3, 0.4) is 0 Å². The van der Waals surface area contributed by atoms with Gasteiger partial charge in [0.05, 0.1) is 22.8 Å². The van der Waals surface area contributed by atoms with Gasteiger partial charge in [-0.05, 0) is 88.1 Å². The molecule has 0 amide bonds. The van der Waals surface area contributed by atoms with Crippen molar-refractivity contribution in [2.24, 2.45) is 0 Å². The average molecular weight is 990 g/mol. The SMILES string of the molecule is [U+2].[c-]1ccccc1-c1[c-]c(-c2ccc(-c3ccc(-c4cc(-c5ccccn5)nc(-c5ccccn5)c4)cc3)cc2)nc2cccc(-c3cccc4[nH]c5ccccc5c34)c12. The second kappa shape index (κ2) is 16.0. The monoisotopic (exact) mass is 989 g/mol. The average Bonchev–Trinajstić information content (AvgIpc) is 3.71. The number of aromatic nitrogens is 5. The van der Waals surface area contributed by atoms with Crippen molar-refractivity contribution in [3.05, 3.63) is 207 Å². The summed E-state index contributed by atoms with van der Waals surface area (Å²) in [5, 5.41) is 3.46. The van der Waals surface area contributed by atoms with E-state index in [9.17, 15) is 0 Å². The number of nitrogens with one attached hydrogen (secondary N) is 1. The van der Waals surface area contributed by atoms with E-state index >= 15 is 0 Å². The fourth-order valence-corrected chi connectivity index (χ4v) is 8.13. The van der Waals surface area contributed by atoms with Gasteiger partial charge in [-0.1, -0.05) is 114 Å². The first-order chi connectivity index (χ1) is 29.2. The molecule has 0 atom stereocenters. The number of hydrogen-bond acceptors (Lipinski definition) is 4. The Labute approximate surface area is 371 Å². The predicted octanol–water partition coefficient (Wildman–Crippen LogP) is 13.3. The Balaban J connectivity index is 0.00000433. The number of fused-ring (bicyclic) bond motifs is 4. The fourth-order valence-electron chi connectivity index (χ4n) is 8.13. The standard InChI is InChI=1S/C54H33N5.U/c1-2-12-38(13-3-1)44-34-50(58-49-21-11-16-42(54(44)49)41-15-10-20-48-53(41)43-14-4-5-17-45(43)57-48)39-28-26-36(27-29-39)35-22-24-37(25-23-35)40-32-51(46-18-6-8-30-55-46)59-52(33-40)47-19-7-9-31-56-47;/h1-12,14-33,57H;/q-2;+2. The molecule has 0 bridgehead atoms. The van der Waals surface area contributed by atoms with Gasteiger partial charge >= 0.3 is 31.1 Å². The van der Waals surface area contributed by atoms with Crippen molar-refractivity contribution >= 4 is 32.7 Å². The summed E-state index contributed by atoms with van der Waals surface area (Å²) in [5.41, 5.74) is 16.8. The van der Waals surface area contributed by atoms with Crippen LogP contribution in [0.25, 0.3) is 111 Å². The van der Waals surface area contributed by atoms with Crippen LogP contribution in [0.15, 0.2) is 194 Å². The molecule has 5 nitrogen and oxygen atoms in total. The minimum absolute atomic E-state index is 0. The van der Waals surface area contributed by atoms with E-state index in [1.54, 1.807) is 12.4 Å². The first-order valence-electron chi connectivity index (χ1n) is 19.6. The maximum Gasteiger partial charge on any atom is 2.00 e. The zero-order chi connectivity index (χ0) is 39.1. The second-order valence-electron chi connectivity index (χ2n) is 14.5. The van der Waals surface area contributed by atoms with Gasteiger partial charge in [0.2, 0.25) is 0 Å². The molecule has 0 fully saturated rings. The molecule has 0 saturated carbocycles. The quantitative estimate of drug-likeness (QED) is 0.162. The Kier molecular flexibility index (Phi) is 9.95. The number of nitrogens with zero attached hydrogens (tertiary/aromatic N) is 4. The topological polar surface area (TPSA) is 67.3 Å². The summed E-state index contributed by atoms with van der Waals surface area (Å²) in [6, 6.07) is 70.0. The van der Waals surface area contributed by atoms with Crippen LogP contribution in [0.5, 0.6) is 0 Å². The van der Waals surface area contributed by atoms with Crippen molar-refractivity contribution in [2.45, 2.75) is 0 Å². The van der Waals surface area contributed by atoms with Crippen LogP contribution in [0.2, 0.25) is 0 Å². The van der Waals surface area contributed by atoms with E-state index in [1.807, 2.05) is 48.5 Å². The van der Waals surface area contributed by atoms with Gasteiger partial charge in [-0.25, -0.2) is 16.1 Å². The fraction of sp³-hybridized carbons (Fsp3) is 0. The van der Waals surface area contributed by atoms with Gasteiger partial charge in [0.25, 0.3) is 0 Å². The molecule has 0 radical (unpaired) electrons. The largest absolute Gasteiger partial charge is 2.00 e. The van der Waals surface area contributed by atoms with E-state index in [0.29, 0.717) is 0 Å². The van der Waals surface area contributed by atoms with E-state index in [0.717, 1.165) is 100 Å². The Morgan fingerprint density at radius 2 is 1.02 bits per heavy atom. The molecule has 0 aliphatic heterocycles. The molecule has 1 N–H and O–H groups in total. The van der Waals surface area contributed by atoms with Crippen molar-refractivity contribution in [1.82, 2.24) is 24.9 Å². The number of para-hydroxylation sites is 1. The van der Waals surface area contributed by atoms with Gasteiger partial charge in [-0.15, -0.1) is 11.5 Å². The van der Waals surface area contributed by atoms with E-state index in [2.05, 4.69) is 161 Å². The third-order valence-electron chi connectivity index (χ3n) is 11.0. The normalized spacial score (nSPS) is 11.2. The number of pyridine rings is 4. The maximum atomic E-state index is 5.26. The summed E-state index contributed by atoms with van der Waals surface area (Å²) >= 11 is 0. The van der Waals surface area contributed by atoms with Crippen LogP contribution in [0.4, 0.5) is 0 Å². The van der Waals surface area contributed by atoms with Gasteiger partial charge in [0.15, 0.2) is 0 Å². The zero-order valence-electron chi connectivity index (χ0n) is 32.3. The number of benzene rings is 6. The third-order valence-corrected chi connectivity index (χ3v) is 11.0. The van der Waals surface area contributed by atoms with E-state index in [-0.39, 0.29) is 31.1 Å². The maximum absolute atomic E-state index is 5.26. The molecular formula is C54H33N5U. The molecule has 60 heavy (non-hydrogen) atoms. The minimum atomic E-state index is 0. The van der Waals surface area contributed by atoms with Crippen LogP contribution >= 0.6 is 0 Å². The first-order valence-corrected chi connectivity index (χ1v) is 19.6. The Bertz CT molecular complexity index is 3230. The Morgan fingerprint density at radius 1 is 0.433 bits per heavy atom. The number of hydrogen-bond donors (Lipinski definition) is 1. The van der Waals surface area contributed by atoms with Crippen molar-refractivity contribution in [3.63, 3.8) is 0 Å². The smallest absolute Gasteiger partial charge is 0.354 e. The first kappa shape index (κ1) is 37.3. The summed E-state index contributed by atoms with van der Waals surface area (Å²) in [6.07, 6.45) is 3.59. The van der Waals surface area contributed by atoms with Gasteiger partial charge in [-0.3, -0.25) is 15.0 Å². The van der Waals surface area contributed by atoms with Crippen molar-refractivity contribution in [3.8, 4) is 78.5 Å². The zero-order valence-corrected chi connectivity index (χ0v) is 36.4. The number of aromatic amines is 1. The molecule has 11 rings (SSSR count). The summed E-state index contributed by atoms with van der Waals surface area (Å²) < 4.78 is 0. The van der Waals surface area contributed by atoms with Gasteiger partial charge in [0, 0.05) is 39.7 Å². The molecule has 278 valence electrons. The molecule has 5 heterocycles. The predicted molar refractivity (Wildman–Crippen MR) is 240 cm³/mol. The van der Waals surface area contributed by atoms with Crippen LogP contribution in [0, 0.1) is 43.2 Å². The number of H-pyrrole nitrogens is 1. The van der Waals surface area contributed by atoms with Gasteiger partial charge in [0.1, 0.15) is 0 Å². The molecular weight excluding hydrogens is 957 g/mol.